The fraction of sp³-hybridized carbons (Fsp3) is 0.120. The standard InChI is InChI=1S/C25H17Br2Cl2IN2O4/c1-2-34-21-7-14(6-20(30)24(21)35-12-13-3-4-18(28)19(29)5-13)11-31-32-25(33)22-9-15-8-16(26)10-17(27)23(15)36-22/h3-11H,2,12H2,1H3,(H,32,33)/b31-11-. The Morgan fingerprint density at radius 3 is 2.67 bits per heavy atom. The van der Waals surface area contributed by atoms with Crippen molar-refractivity contribution in [1.29, 1.82) is 0 Å². The summed E-state index contributed by atoms with van der Waals surface area (Å²) < 4.78 is 19.9. The van der Waals surface area contributed by atoms with Crippen LogP contribution in [0.1, 0.15) is 28.6 Å². The monoisotopic (exact) mass is 764 g/mol. The predicted molar refractivity (Wildman–Crippen MR) is 158 cm³/mol. The Labute approximate surface area is 247 Å². The van der Waals surface area contributed by atoms with Gasteiger partial charge in [0.1, 0.15) is 12.2 Å². The minimum absolute atomic E-state index is 0.150. The van der Waals surface area contributed by atoms with E-state index < -0.39 is 5.91 Å². The van der Waals surface area contributed by atoms with E-state index in [4.69, 9.17) is 37.1 Å². The molecule has 6 nitrogen and oxygen atoms in total. The number of hydrogen-bond donors (Lipinski definition) is 1. The van der Waals surface area contributed by atoms with Gasteiger partial charge in [-0.3, -0.25) is 4.79 Å². The quantitative estimate of drug-likeness (QED) is 0.111. The number of fused-ring (bicyclic) bond motifs is 1. The van der Waals surface area contributed by atoms with E-state index in [1.807, 2.05) is 31.2 Å². The number of amides is 1. The molecule has 3 aromatic carbocycles. The van der Waals surface area contributed by atoms with Crippen molar-refractivity contribution in [2.75, 3.05) is 6.61 Å². The summed E-state index contributed by atoms with van der Waals surface area (Å²) in [6.07, 6.45) is 1.53. The van der Waals surface area contributed by atoms with Gasteiger partial charge < -0.3 is 13.9 Å². The van der Waals surface area contributed by atoms with E-state index in [0.717, 1.165) is 29.0 Å². The highest BCUT2D eigenvalue weighted by Gasteiger charge is 2.15. The Morgan fingerprint density at radius 2 is 1.92 bits per heavy atom. The number of hydrogen-bond acceptors (Lipinski definition) is 5. The first-order chi connectivity index (χ1) is 17.2. The molecule has 0 unspecified atom stereocenters. The average Bonchev–Trinajstić information content (AvgIpc) is 3.25. The van der Waals surface area contributed by atoms with E-state index in [9.17, 15) is 4.79 Å². The molecule has 0 fully saturated rings. The van der Waals surface area contributed by atoms with Crippen LogP contribution >= 0.6 is 77.7 Å². The number of benzene rings is 3. The minimum Gasteiger partial charge on any atom is -0.490 e. The first kappa shape index (κ1) is 27.3. The highest BCUT2D eigenvalue weighted by atomic mass is 127. The molecular formula is C25H17Br2Cl2IN2O4. The SMILES string of the molecule is CCOc1cc(/C=N\NC(=O)c2cc3cc(Br)cc(Br)c3o2)cc(I)c1OCc1ccc(Cl)c(Cl)c1. The molecule has 0 radical (unpaired) electrons. The zero-order valence-electron chi connectivity index (χ0n) is 18.6. The summed E-state index contributed by atoms with van der Waals surface area (Å²) in [4.78, 5) is 12.5. The van der Waals surface area contributed by atoms with Gasteiger partial charge in [0.25, 0.3) is 0 Å². The number of rotatable bonds is 8. The molecule has 4 aromatic rings. The minimum atomic E-state index is -0.466. The van der Waals surface area contributed by atoms with E-state index in [1.165, 1.54) is 6.21 Å². The van der Waals surface area contributed by atoms with E-state index in [-0.39, 0.29) is 5.76 Å². The van der Waals surface area contributed by atoms with Crippen LogP contribution in [0, 0.1) is 3.57 Å². The largest absolute Gasteiger partial charge is 0.490 e. The van der Waals surface area contributed by atoms with Gasteiger partial charge in [0, 0.05) is 9.86 Å². The van der Waals surface area contributed by atoms with Gasteiger partial charge in [-0.1, -0.05) is 45.2 Å². The van der Waals surface area contributed by atoms with Crippen LogP contribution in [0.4, 0.5) is 0 Å². The molecule has 1 aromatic heterocycles. The maximum absolute atomic E-state index is 12.5. The van der Waals surface area contributed by atoms with E-state index in [2.05, 4.69) is 65.0 Å². The van der Waals surface area contributed by atoms with E-state index >= 15 is 0 Å². The summed E-state index contributed by atoms with van der Waals surface area (Å²) >= 11 is 21.1. The Hall–Kier alpha value is -1.79. The summed E-state index contributed by atoms with van der Waals surface area (Å²) in [5.74, 6) is 0.844. The maximum atomic E-state index is 12.5. The number of nitrogens with zero attached hydrogens (tertiary/aromatic N) is 1. The average molecular weight is 767 g/mol. The fourth-order valence-electron chi connectivity index (χ4n) is 3.26. The van der Waals surface area contributed by atoms with Crippen LogP contribution in [0.15, 0.2) is 67.0 Å². The molecule has 0 bridgehead atoms. The van der Waals surface area contributed by atoms with Gasteiger partial charge in [-0.05, 0) is 99.0 Å². The first-order valence-corrected chi connectivity index (χ1v) is 13.9. The second-order valence-corrected chi connectivity index (χ2v) is 11.2. The van der Waals surface area contributed by atoms with Crippen molar-refractivity contribution < 1.29 is 18.7 Å². The summed E-state index contributed by atoms with van der Waals surface area (Å²) in [6.45, 7) is 2.63. The Morgan fingerprint density at radius 1 is 1.11 bits per heavy atom. The number of furan rings is 1. The number of hydrazone groups is 1. The molecule has 1 N–H and O–H groups in total. The third-order valence-electron chi connectivity index (χ3n) is 4.84. The molecule has 186 valence electrons. The summed E-state index contributed by atoms with van der Waals surface area (Å²) in [5, 5.41) is 5.82. The molecule has 0 saturated carbocycles. The van der Waals surface area contributed by atoms with Crippen LogP contribution in [0.25, 0.3) is 11.0 Å². The van der Waals surface area contributed by atoms with Gasteiger partial charge in [-0.25, -0.2) is 5.43 Å². The number of carbonyl (C=O) groups excluding carboxylic acids is 1. The number of carbonyl (C=O) groups is 1. The molecule has 1 amide bonds. The van der Waals surface area contributed by atoms with Crippen molar-refractivity contribution in [3.05, 3.63) is 88.0 Å². The zero-order valence-corrected chi connectivity index (χ0v) is 25.4. The highest BCUT2D eigenvalue weighted by molar-refractivity contribution is 14.1. The molecule has 0 spiro atoms. The summed E-state index contributed by atoms with van der Waals surface area (Å²) in [7, 11) is 0. The van der Waals surface area contributed by atoms with Crippen molar-refractivity contribution in [2.45, 2.75) is 13.5 Å². The van der Waals surface area contributed by atoms with Gasteiger partial charge >= 0.3 is 5.91 Å². The van der Waals surface area contributed by atoms with Gasteiger partial charge in [-0.2, -0.15) is 5.10 Å². The van der Waals surface area contributed by atoms with Crippen LogP contribution in [0.5, 0.6) is 11.5 Å². The lowest BCUT2D eigenvalue weighted by Crippen LogP contribution is -2.16. The molecule has 4 rings (SSSR count). The van der Waals surface area contributed by atoms with Crippen molar-refractivity contribution in [3.63, 3.8) is 0 Å². The smallest absolute Gasteiger partial charge is 0.307 e. The van der Waals surface area contributed by atoms with Crippen molar-refractivity contribution >= 4 is 101 Å². The maximum Gasteiger partial charge on any atom is 0.307 e. The molecule has 0 aliphatic carbocycles. The Kier molecular flexibility index (Phi) is 9.21. The fourth-order valence-corrected chi connectivity index (χ4v) is 5.70. The third-order valence-corrected chi connectivity index (χ3v) is 7.43. The van der Waals surface area contributed by atoms with Gasteiger partial charge in [0.2, 0.25) is 0 Å². The van der Waals surface area contributed by atoms with Gasteiger partial charge in [0.15, 0.2) is 17.3 Å². The molecule has 1 heterocycles. The number of nitrogens with one attached hydrogen (secondary N) is 1. The molecule has 0 atom stereocenters. The summed E-state index contributed by atoms with van der Waals surface area (Å²) in [6, 6.07) is 14.4. The van der Waals surface area contributed by atoms with E-state index in [0.29, 0.717) is 40.3 Å². The van der Waals surface area contributed by atoms with Crippen LogP contribution in [0.2, 0.25) is 10.0 Å². The van der Waals surface area contributed by atoms with Crippen molar-refractivity contribution in [3.8, 4) is 11.5 Å². The molecule has 0 aliphatic rings. The molecule has 36 heavy (non-hydrogen) atoms. The molecule has 11 heteroatoms. The lowest BCUT2D eigenvalue weighted by molar-refractivity contribution is 0.0929. The number of halogens is 5. The molecule has 0 saturated heterocycles. The lowest BCUT2D eigenvalue weighted by atomic mass is 10.2. The van der Waals surface area contributed by atoms with Crippen LogP contribution in [-0.4, -0.2) is 18.7 Å². The highest BCUT2D eigenvalue weighted by Crippen LogP contribution is 2.35. The summed E-state index contributed by atoms with van der Waals surface area (Å²) in [5.41, 5.74) is 4.68. The van der Waals surface area contributed by atoms with Crippen LogP contribution < -0.4 is 14.9 Å². The van der Waals surface area contributed by atoms with Gasteiger partial charge in [0.05, 0.1) is 30.9 Å². The molecular weight excluding hydrogens is 750 g/mol. The second kappa shape index (κ2) is 12.2. The third kappa shape index (κ3) is 6.55. The normalized spacial score (nSPS) is 11.3. The van der Waals surface area contributed by atoms with Crippen LogP contribution in [-0.2, 0) is 6.61 Å². The predicted octanol–water partition coefficient (Wildman–Crippen LogP) is 8.61. The van der Waals surface area contributed by atoms with Crippen molar-refractivity contribution in [1.82, 2.24) is 5.43 Å². The van der Waals surface area contributed by atoms with Crippen molar-refractivity contribution in [2.24, 2.45) is 5.10 Å². The lowest BCUT2D eigenvalue weighted by Gasteiger charge is -2.15. The zero-order chi connectivity index (χ0) is 25.8. The second-order valence-electron chi connectivity index (χ2n) is 7.42. The van der Waals surface area contributed by atoms with Crippen LogP contribution in [0.3, 0.4) is 0 Å². The van der Waals surface area contributed by atoms with Gasteiger partial charge in [-0.15, -0.1) is 0 Å². The Balaban J connectivity index is 1.48. The Bertz CT molecular complexity index is 1480. The molecule has 0 aliphatic heterocycles. The topological polar surface area (TPSA) is 73.1 Å². The van der Waals surface area contributed by atoms with E-state index in [1.54, 1.807) is 24.3 Å². The number of ether oxygens (including phenoxy) is 2. The first-order valence-electron chi connectivity index (χ1n) is 10.5.